The summed E-state index contributed by atoms with van der Waals surface area (Å²) in [6, 6.07) is 16.6. The van der Waals surface area contributed by atoms with Crippen LogP contribution in [0.25, 0.3) is 22.0 Å². The Bertz CT molecular complexity index is 975. The van der Waals surface area contributed by atoms with Crippen molar-refractivity contribution >= 4 is 22.8 Å². The molecule has 27 heavy (non-hydrogen) atoms. The summed E-state index contributed by atoms with van der Waals surface area (Å²) in [6.07, 6.45) is 1.85. The molecule has 4 rings (SSSR count). The Balaban J connectivity index is 1.53. The Kier molecular flexibility index (Phi) is 4.62. The Morgan fingerprint density at radius 2 is 2.04 bits per heavy atom. The van der Waals surface area contributed by atoms with Gasteiger partial charge in [0.2, 0.25) is 5.95 Å². The molecule has 0 spiro atoms. The predicted octanol–water partition coefficient (Wildman–Crippen LogP) is 3.73. The Labute approximate surface area is 158 Å². The second kappa shape index (κ2) is 7.23. The lowest BCUT2D eigenvalue weighted by atomic mass is 10.1. The maximum Gasteiger partial charge on any atom is 0.407 e. The second-order valence-electron chi connectivity index (χ2n) is 7.07. The van der Waals surface area contributed by atoms with Crippen molar-refractivity contribution in [1.82, 2.24) is 14.9 Å². The van der Waals surface area contributed by atoms with Gasteiger partial charge in [0.1, 0.15) is 0 Å². The minimum absolute atomic E-state index is 0.305. The van der Waals surface area contributed by atoms with E-state index in [9.17, 15) is 4.79 Å². The van der Waals surface area contributed by atoms with E-state index in [1.807, 2.05) is 18.2 Å². The first-order chi connectivity index (χ1) is 13.1. The number of hydrogen-bond donors (Lipinski definition) is 1. The molecule has 1 atom stereocenters. The Morgan fingerprint density at radius 1 is 1.22 bits per heavy atom. The highest BCUT2D eigenvalue weighted by Crippen LogP contribution is 2.26. The Hall–Kier alpha value is -3.15. The molecule has 1 N–H and O–H groups in total. The van der Waals surface area contributed by atoms with Crippen molar-refractivity contribution in [3.8, 4) is 11.3 Å². The minimum atomic E-state index is -0.886. The van der Waals surface area contributed by atoms with Gasteiger partial charge in [-0.15, -0.1) is 0 Å². The number of rotatable bonds is 4. The van der Waals surface area contributed by atoms with Gasteiger partial charge in [0.05, 0.1) is 5.69 Å². The molecule has 1 saturated heterocycles. The standard InChI is InChI=1S/C21H22N4O2/c1-24(21(26)27)13-15-9-11-25(14-15)20-22-10-8-19(23-20)18-7-6-16-4-2-3-5-17(16)12-18/h2-8,10,12,15H,9,11,13-14H2,1H3,(H,26,27). The monoisotopic (exact) mass is 362 g/mol. The number of anilines is 1. The molecular formula is C21H22N4O2. The number of hydrogen-bond acceptors (Lipinski definition) is 4. The van der Waals surface area contributed by atoms with Crippen LogP contribution in [0.1, 0.15) is 6.42 Å². The van der Waals surface area contributed by atoms with Crippen molar-refractivity contribution in [2.24, 2.45) is 5.92 Å². The summed E-state index contributed by atoms with van der Waals surface area (Å²) in [5.41, 5.74) is 1.97. The third-order valence-corrected chi connectivity index (χ3v) is 5.12. The fraction of sp³-hybridized carbons (Fsp3) is 0.286. The average Bonchev–Trinajstić information content (AvgIpc) is 3.16. The zero-order valence-electron chi connectivity index (χ0n) is 15.2. The molecule has 0 bridgehead atoms. The van der Waals surface area contributed by atoms with E-state index in [4.69, 9.17) is 10.1 Å². The number of fused-ring (bicyclic) bond motifs is 1. The van der Waals surface area contributed by atoms with Gasteiger partial charge in [0, 0.05) is 38.4 Å². The lowest BCUT2D eigenvalue weighted by Gasteiger charge is -2.19. The molecule has 1 aliphatic rings. The highest BCUT2D eigenvalue weighted by molar-refractivity contribution is 5.86. The fourth-order valence-corrected chi connectivity index (χ4v) is 3.64. The highest BCUT2D eigenvalue weighted by atomic mass is 16.4. The number of carboxylic acid groups (broad SMARTS) is 1. The van der Waals surface area contributed by atoms with E-state index in [-0.39, 0.29) is 0 Å². The van der Waals surface area contributed by atoms with Crippen LogP contribution in [0, 0.1) is 5.92 Å². The molecule has 6 heteroatoms. The van der Waals surface area contributed by atoms with E-state index in [0.717, 1.165) is 30.8 Å². The maximum atomic E-state index is 11.0. The van der Waals surface area contributed by atoms with Crippen LogP contribution in [0.2, 0.25) is 0 Å². The molecule has 0 saturated carbocycles. The van der Waals surface area contributed by atoms with Gasteiger partial charge in [-0.25, -0.2) is 14.8 Å². The molecule has 1 fully saturated rings. The lowest BCUT2D eigenvalue weighted by molar-refractivity contribution is 0.150. The summed E-state index contributed by atoms with van der Waals surface area (Å²) in [5, 5.41) is 11.4. The molecule has 0 aliphatic carbocycles. The number of aromatic nitrogens is 2. The van der Waals surface area contributed by atoms with Crippen LogP contribution in [-0.2, 0) is 0 Å². The highest BCUT2D eigenvalue weighted by Gasteiger charge is 2.26. The quantitative estimate of drug-likeness (QED) is 0.766. The Morgan fingerprint density at radius 3 is 2.85 bits per heavy atom. The smallest absolute Gasteiger partial charge is 0.407 e. The normalized spacial score (nSPS) is 16.6. The molecule has 1 aliphatic heterocycles. The SMILES string of the molecule is CN(CC1CCN(c2nccc(-c3ccc4ccccc4c3)n2)C1)C(=O)O. The van der Waals surface area contributed by atoms with Gasteiger partial charge in [0.15, 0.2) is 0 Å². The van der Waals surface area contributed by atoms with Crippen LogP contribution < -0.4 is 4.90 Å². The van der Waals surface area contributed by atoms with Crippen molar-refractivity contribution in [2.75, 3.05) is 31.6 Å². The summed E-state index contributed by atoms with van der Waals surface area (Å²) in [5.74, 6) is 1.01. The van der Waals surface area contributed by atoms with Crippen molar-refractivity contribution < 1.29 is 9.90 Å². The summed E-state index contributed by atoms with van der Waals surface area (Å²) in [4.78, 5) is 23.7. The topological polar surface area (TPSA) is 69.6 Å². The maximum absolute atomic E-state index is 11.0. The summed E-state index contributed by atoms with van der Waals surface area (Å²) in [6.45, 7) is 2.16. The molecule has 3 aromatic rings. The molecule has 1 aromatic heterocycles. The van der Waals surface area contributed by atoms with Gasteiger partial charge in [-0.2, -0.15) is 0 Å². The predicted molar refractivity (Wildman–Crippen MR) is 106 cm³/mol. The molecular weight excluding hydrogens is 340 g/mol. The van der Waals surface area contributed by atoms with Crippen LogP contribution in [-0.4, -0.2) is 52.7 Å². The molecule has 6 nitrogen and oxygen atoms in total. The van der Waals surface area contributed by atoms with Crippen molar-refractivity contribution in [2.45, 2.75) is 6.42 Å². The van der Waals surface area contributed by atoms with Crippen molar-refractivity contribution in [3.05, 3.63) is 54.7 Å². The summed E-state index contributed by atoms with van der Waals surface area (Å²) < 4.78 is 0. The van der Waals surface area contributed by atoms with Crippen molar-refractivity contribution in [3.63, 3.8) is 0 Å². The van der Waals surface area contributed by atoms with E-state index in [2.05, 4.69) is 40.2 Å². The third kappa shape index (κ3) is 3.69. The lowest BCUT2D eigenvalue weighted by Crippen LogP contribution is -2.32. The van der Waals surface area contributed by atoms with Gasteiger partial charge in [0.25, 0.3) is 0 Å². The fourth-order valence-electron chi connectivity index (χ4n) is 3.64. The minimum Gasteiger partial charge on any atom is -0.465 e. The van der Waals surface area contributed by atoms with Crippen LogP contribution >= 0.6 is 0 Å². The second-order valence-corrected chi connectivity index (χ2v) is 7.07. The van der Waals surface area contributed by atoms with E-state index in [1.54, 1.807) is 13.2 Å². The number of amides is 1. The molecule has 0 radical (unpaired) electrons. The van der Waals surface area contributed by atoms with E-state index >= 15 is 0 Å². The first kappa shape index (κ1) is 17.3. The first-order valence-corrected chi connectivity index (χ1v) is 9.11. The number of nitrogens with zero attached hydrogens (tertiary/aromatic N) is 4. The largest absolute Gasteiger partial charge is 0.465 e. The first-order valence-electron chi connectivity index (χ1n) is 9.11. The summed E-state index contributed by atoms with van der Waals surface area (Å²) in [7, 11) is 1.61. The molecule has 2 heterocycles. The van der Waals surface area contributed by atoms with Gasteiger partial charge < -0.3 is 14.9 Å². The molecule has 1 unspecified atom stereocenters. The van der Waals surface area contributed by atoms with Gasteiger partial charge in [-0.1, -0.05) is 36.4 Å². The zero-order chi connectivity index (χ0) is 18.8. The summed E-state index contributed by atoms with van der Waals surface area (Å²) >= 11 is 0. The third-order valence-electron chi connectivity index (χ3n) is 5.12. The van der Waals surface area contributed by atoms with Crippen LogP contribution in [0.3, 0.4) is 0 Å². The van der Waals surface area contributed by atoms with E-state index in [0.29, 0.717) is 18.4 Å². The van der Waals surface area contributed by atoms with Crippen LogP contribution in [0.5, 0.6) is 0 Å². The van der Waals surface area contributed by atoms with Crippen LogP contribution in [0.4, 0.5) is 10.7 Å². The van der Waals surface area contributed by atoms with Gasteiger partial charge in [-0.3, -0.25) is 0 Å². The van der Waals surface area contributed by atoms with Gasteiger partial charge >= 0.3 is 6.09 Å². The average molecular weight is 362 g/mol. The zero-order valence-corrected chi connectivity index (χ0v) is 15.2. The molecule has 1 amide bonds. The van der Waals surface area contributed by atoms with Crippen molar-refractivity contribution in [1.29, 1.82) is 0 Å². The number of carbonyl (C=O) groups is 1. The number of benzene rings is 2. The molecule has 2 aromatic carbocycles. The van der Waals surface area contributed by atoms with Crippen LogP contribution in [0.15, 0.2) is 54.7 Å². The van der Waals surface area contributed by atoms with E-state index in [1.165, 1.54) is 15.7 Å². The van der Waals surface area contributed by atoms with E-state index < -0.39 is 6.09 Å². The van der Waals surface area contributed by atoms with Gasteiger partial charge in [-0.05, 0) is 35.2 Å². The molecule has 138 valence electrons.